The van der Waals surface area contributed by atoms with Gasteiger partial charge in [-0.25, -0.2) is 4.98 Å². The van der Waals surface area contributed by atoms with Crippen molar-refractivity contribution in [1.82, 2.24) is 19.3 Å². The Hall–Kier alpha value is -1.59. The van der Waals surface area contributed by atoms with Crippen LogP contribution < -0.4 is 5.32 Å². The van der Waals surface area contributed by atoms with Crippen LogP contribution in [0, 0.1) is 5.92 Å². The average molecular weight is 288 g/mol. The van der Waals surface area contributed by atoms with Crippen LogP contribution in [0.25, 0.3) is 4.96 Å². The van der Waals surface area contributed by atoms with E-state index in [1.165, 1.54) is 5.69 Å². The van der Waals surface area contributed by atoms with Crippen molar-refractivity contribution >= 4 is 16.3 Å². The fraction of sp³-hybridized carbons (Fsp3) is 0.400. The van der Waals surface area contributed by atoms with Crippen LogP contribution >= 0.6 is 11.3 Å². The molecule has 0 fully saturated rings. The summed E-state index contributed by atoms with van der Waals surface area (Å²) < 4.78 is 4.35. The highest BCUT2D eigenvalue weighted by atomic mass is 32.1. The second-order valence-electron chi connectivity index (χ2n) is 5.48. The van der Waals surface area contributed by atoms with Crippen molar-refractivity contribution in [2.45, 2.75) is 26.9 Å². The number of hydrogen-bond donors (Lipinski definition) is 1. The van der Waals surface area contributed by atoms with Crippen molar-refractivity contribution in [2.24, 2.45) is 5.92 Å². The Bertz CT molecular complexity index is 648. The summed E-state index contributed by atoms with van der Waals surface area (Å²) in [6.45, 7) is 7.24. The molecule has 0 unspecified atom stereocenters. The molecule has 0 amide bonds. The maximum Gasteiger partial charge on any atom is 0.193 e. The third-order valence-corrected chi connectivity index (χ3v) is 4.03. The Morgan fingerprint density at radius 3 is 3.05 bits per heavy atom. The summed E-state index contributed by atoms with van der Waals surface area (Å²) in [5.41, 5.74) is 2.42. The maximum absolute atomic E-state index is 4.64. The Morgan fingerprint density at radius 1 is 1.35 bits per heavy atom. The Morgan fingerprint density at radius 2 is 2.25 bits per heavy atom. The number of thiazole rings is 1. The smallest absolute Gasteiger partial charge is 0.193 e. The monoisotopic (exact) mass is 288 g/mol. The van der Waals surface area contributed by atoms with E-state index in [4.69, 9.17) is 0 Å². The molecule has 106 valence electrons. The van der Waals surface area contributed by atoms with E-state index in [-0.39, 0.29) is 0 Å². The van der Waals surface area contributed by atoms with Gasteiger partial charge in [0.1, 0.15) is 0 Å². The van der Waals surface area contributed by atoms with Crippen molar-refractivity contribution in [3.8, 4) is 0 Å². The Balaban J connectivity index is 1.68. The highest BCUT2D eigenvalue weighted by molar-refractivity contribution is 7.15. The van der Waals surface area contributed by atoms with Crippen LogP contribution in [0.4, 0.5) is 0 Å². The summed E-state index contributed by atoms with van der Waals surface area (Å²) in [6.07, 6.45) is 6.29. The largest absolute Gasteiger partial charge is 0.344 e. The fourth-order valence-corrected chi connectivity index (χ4v) is 3.00. The van der Waals surface area contributed by atoms with E-state index in [9.17, 15) is 0 Å². The van der Waals surface area contributed by atoms with E-state index < -0.39 is 0 Å². The van der Waals surface area contributed by atoms with E-state index in [2.05, 4.69) is 69.2 Å². The normalized spacial score (nSPS) is 11.8. The van der Waals surface area contributed by atoms with Crippen LogP contribution in [0.15, 0.2) is 36.1 Å². The molecule has 3 aromatic rings. The first-order chi connectivity index (χ1) is 9.72. The van der Waals surface area contributed by atoms with Crippen molar-refractivity contribution < 1.29 is 0 Å². The third kappa shape index (κ3) is 2.94. The van der Waals surface area contributed by atoms with Crippen molar-refractivity contribution in [3.05, 3.63) is 47.5 Å². The summed E-state index contributed by atoms with van der Waals surface area (Å²) in [7, 11) is 0. The van der Waals surface area contributed by atoms with Gasteiger partial charge in [-0.05, 0) is 24.6 Å². The lowest BCUT2D eigenvalue weighted by molar-refractivity contribution is 0.538. The predicted molar refractivity (Wildman–Crippen MR) is 83.1 cm³/mol. The minimum Gasteiger partial charge on any atom is -0.344 e. The first kappa shape index (κ1) is 13.4. The molecule has 3 heterocycles. The number of nitrogens with one attached hydrogen (secondary N) is 1. The molecule has 0 bridgehead atoms. The topological polar surface area (TPSA) is 34.3 Å². The summed E-state index contributed by atoms with van der Waals surface area (Å²) >= 11 is 1.67. The summed E-state index contributed by atoms with van der Waals surface area (Å²) in [5, 5.41) is 5.55. The summed E-state index contributed by atoms with van der Waals surface area (Å²) in [6, 6.07) is 4.27. The van der Waals surface area contributed by atoms with Gasteiger partial charge < -0.3 is 9.88 Å². The number of aromatic nitrogens is 3. The van der Waals surface area contributed by atoms with Gasteiger partial charge in [0, 0.05) is 36.2 Å². The van der Waals surface area contributed by atoms with Gasteiger partial charge in [0.2, 0.25) is 0 Å². The molecular weight excluding hydrogens is 268 g/mol. The van der Waals surface area contributed by atoms with Gasteiger partial charge in [-0.2, -0.15) is 0 Å². The molecule has 4 nitrogen and oxygen atoms in total. The van der Waals surface area contributed by atoms with Crippen LogP contribution in [-0.2, 0) is 13.1 Å². The van der Waals surface area contributed by atoms with Crippen LogP contribution in [0.3, 0.4) is 0 Å². The van der Waals surface area contributed by atoms with E-state index in [0.717, 1.165) is 30.3 Å². The van der Waals surface area contributed by atoms with Crippen LogP contribution in [-0.4, -0.2) is 20.5 Å². The molecule has 3 rings (SSSR count). The molecule has 3 aromatic heterocycles. The molecule has 0 aliphatic heterocycles. The molecule has 0 aliphatic carbocycles. The minimum absolute atomic E-state index is 0.679. The van der Waals surface area contributed by atoms with E-state index >= 15 is 0 Å². The van der Waals surface area contributed by atoms with E-state index in [0.29, 0.717) is 5.92 Å². The van der Waals surface area contributed by atoms with Gasteiger partial charge in [-0.3, -0.25) is 4.40 Å². The summed E-state index contributed by atoms with van der Waals surface area (Å²) in [4.78, 5) is 5.70. The zero-order chi connectivity index (χ0) is 13.9. The van der Waals surface area contributed by atoms with Crippen molar-refractivity contribution in [1.29, 1.82) is 0 Å². The summed E-state index contributed by atoms with van der Waals surface area (Å²) in [5.74, 6) is 0.679. The molecule has 20 heavy (non-hydrogen) atoms. The second kappa shape index (κ2) is 5.81. The molecule has 0 radical (unpaired) electrons. The molecule has 0 spiro atoms. The number of nitrogens with zero attached hydrogens (tertiary/aromatic N) is 3. The zero-order valence-corrected chi connectivity index (χ0v) is 12.7. The minimum atomic E-state index is 0.679. The molecule has 0 saturated heterocycles. The highest BCUT2D eigenvalue weighted by Gasteiger charge is 2.06. The van der Waals surface area contributed by atoms with Crippen LogP contribution in [0.5, 0.6) is 0 Å². The maximum atomic E-state index is 4.64. The number of imidazole rings is 1. The Labute approximate surface area is 123 Å². The van der Waals surface area contributed by atoms with Gasteiger partial charge in [-0.1, -0.05) is 13.8 Å². The first-order valence-corrected chi connectivity index (χ1v) is 7.86. The van der Waals surface area contributed by atoms with Crippen molar-refractivity contribution in [2.75, 3.05) is 6.54 Å². The standard InChI is InChI=1S/C15H20N4S/c1-12(2)8-16-9-14-4-3-5-18(14)10-13-11-19-6-7-20-15(19)17-13/h3-7,11-12,16H,8-10H2,1-2H3. The molecule has 0 aliphatic rings. The predicted octanol–water partition coefficient (Wildman–Crippen LogP) is 2.99. The second-order valence-corrected chi connectivity index (χ2v) is 6.35. The molecule has 1 N–H and O–H groups in total. The lowest BCUT2D eigenvalue weighted by Crippen LogP contribution is -2.20. The van der Waals surface area contributed by atoms with Crippen LogP contribution in [0.1, 0.15) is 25.2 Å². The van der Waals surface area contributed by atoms with Gasteiger partial charge in [0.25, 0.3) is 0 Å². The molecule has 0 saturated carbocycles. The molecule has 0 atom stereocenters. The highest BCUT2D eigenvalue weighted by Crippen LogP contribution is 2.13. The SMILES string of the molecule is CC(C)CNCc1cccn1Cc1cn2ccsc2n1. The van der Waals surface area contributed by atoms with Gasteiger partial charge in [0.05, 0.1) is 12.2 Å². The lowest BCUT2D eigenvalue weighted by Gasteiger charge is -2.10. The molecular formula is C15H20N4S. The van der Waals surface area contributed by atoms with Gasteiger partial charge in [-0.15, -0.1) is 11.3 Å². The lowest BCUT2D eigenvalue weighted by atomic mass is 10.2. The van der Waals surface area contributed by atoms with Gasteiger partial charge in [0.15, 0.2) is 4.96 Å². The number of hydrogen-bond acceptors (Lipinski definition) is 3. The van der Waals surface area contributed by atoms with Crippen molar-refractivity contribution in [3.63, 3.8) is 0 Å². The quantitative estimate of drug-likeness (QED) is 0.756. The van der Waals surface area contributed by atoms with E-state index in [1.807, 2.05) is 0 Å². The number of rotatable bonds is 6. The number of fused-ring (bicyclic) bond motifs is 1. The third-order valence-electron chi connectivity index (χ3n) is 3.26. The van der Waals surface area contributed by atoms with Crippen LogP contribution in [0.2, 0.25) is 0 Å². The first-order valence-electron chi connectivity index (χ1n) is 6.98. The molecule has 0 aromatic carbocycles. The zero-order valence-electron chi connectivity index (χ0n) is 11.9. The Kier molecular flexibility index (Phi) is 3.89. The van der Waals surface area contributed by atoms with Gasteiger partial charge >= 0.3 is 0 Å². The fourth-order valence-electron chi connectivity index (χ4n) is 2.28. The van der Waals surface area contributed by atoms with E-state index in [1.54, 1.807) is 11.3 Å². The molecule has 5 heteroatoms. The average Bonchev–Trinajstić information content (AvgIpc) is 3.05.